The molecule has 5 aliphatic rings. The van der Waals surface area contributed by atoms with Crippen molar-refractivity contribution in [1.29, 1.82) is 0 Å². The molecule has 6 unspecified atom stereocenters. The molecule has 2 saturated carbocycles. The third kappa shape index (κ3) is 2.13. The van der Waals surface area contributed by atoms with Crippen molar-refractivity contribution in [1.82, 2.24) is 0 Å². The minimum atomic E-state index is -0.838. The molecule has 2 heterocycles. The van der Waals surface area contributed by atoms with Crippen LogP contribution in [0.3, 0.4) is 0 Å². The molecule has 6 atom stereocenters. The standard InChI is InChI=1S/C23H26O4/c1-21(9-8-19(25)26)18(24)11-16(14-6-4-3-5-7-14)23-12-15-10-17(20(21)23)27-22(15,2)13-23/h3-7,11,15,17,20H,8-10,12-13H2,1-2H3,(H,25,26). The van der Waals surface area contributed by atoms with Gasteiger partial charge in [-0.1, -0.05) is 37.3 Å². The molecule has 2 aliphatic heterocycles. The largest absolute Gasteiger partial charge is 0.481 e. The second-order valence-corrected chi connectivity index (χ2v) is 9.52. The molecule has 1 spiro atoms. The molecule has 6 rings (SSSR count). The number of hydrogen-bond donors (Lipinski definition) is 1. The van der Waals surface area contributed by atoms with Crippen molar-refractivity contribution in [3.63, 3.8) is 0 Å². The summed E-state index contributed by atoms with van der Waals surface area (Å²) in [7, 11) is 0. The van der Waals surface area contributed by atoms with Crippen molar-refractivity contribution in [2.75, 3.05) is 0 Å². The normalized spacial score (nSPS) is 44.3. The van der Waals surface area contributed by atoms with E-state index in [-0.39, 0.29) is 35.2 Å². The molecule has 0 radical (unpaired) electrons. The number of ketones is 1. The minimum Gasteiger partial charge on any atom is -0.481 e. The summed E-state index contributed by atoms with van der Waals surface area (Å²) in [4.78, 5) is 24.6. The molecule has 2 saturated heterocycles. The number of benzene rings is 1. The lowest BCUT2D eigenvalue weighted by molar-refractivity contribution is -0.167. The van der Waals surface area contributed by atoms with Crippen LogP contribution in [0.25, 0.3) is 5.57 Å². The van der Waals surface area contributed by atoms with Crippen molar-refractivity contribution >= 4 is 17.3 Å². The molecule has 4 bridgehead atoms. The number of hydrogen-bond acceptors (Lipinski definition) is 3. The van der Waals surface area contributed by atoms with Crippen molar-refractivity contribution < 1.29 is 19.4 Å². The molecule has 4 nitrogen and oxygen atoms in total. The van der Waals surface area contributed by atoms with Crippen molar-refractivity contribution in [2.24, 2.45) is 22.7 Å². The van der Waals surface area contributed by atoms with Crippen molar-refractivity contribution in [2.45, 2.75) is 57.7 Å². The Balaban J connectivity index is 1.68. The third-order valence-corrected chi connectivity index (χ3v) is 8.05. The van der Waals surface area contributed by atoms with Crippen LogP contribution < -0.4 is 0 Å². The molecule has 0 amide bonds. The van der Waals surface area contributed by atoms with Gasteiger partial charge in [-0.2, -0.15) is 0 Å². The molecular formula is C23H26O4. The molecule has 4 heteroatoms. The lowest BCUT2D eigenvalue weighted by Crippen LogP contribution is -2.57. The summed E-state index contributed by atoms with van der Waals surface area (Å²) in [5.41, 5.74) is 1.43. The van der Waals surface area contributed by atoms with Crippen LogP contribution >= 0.6 is 0 Å². The van der Waals surface area contributed by atoms with Gasteiger partial charge in [0, 0.05) is 23.2 Å². The number of aliphatic carboxylic acids is 1. The van der Waals surface area contributed by atoms with Crippen molar-refractivity contribution in [3.8, 4) is 0 Å². The fraction of sp³-hybridized carbons (Fsp3) is 0.565. The zero-order valence-corrected chi connectivity index (χ0v) is 15.9. The molecule has 3 aliphatic carbocycles. The van der Waals surface area contributed by atoms with E-state index in [1.165, 1.54) is 0 Å². The summed E-state index contributed by atoms with van der Waals surface area (Å²) in [6.07, 6.45) is 5.29. The first kappa shape index (κ1) is 17.2. The number of rotatable bonds is 4. The molecule has 1 aromatic rings. The molecule has 142 valence electrons. The van der Waals surface area contributed by atoms with Gasteiger partial charge in [0.1, 0.15) is 0 Å². The Morgan fingerprint density at radius 3 is 2.67 bits per heavy atom. The zero-order chi connectivity index (χ0) is 19.0. The number of carboxylic acids is 1. The maximum atomic E-state index is 13.4. The molecule has 27 heavy (non-hydrogen) atoms. The fourth-order valence-corrected chi connectivity index (χ4v) is 7.06. The smallest absolute Gasteiger partial charge is 0.303 e. The summed E-state index contributed by atoms with van der Waals surface area (Å²) >= 11 is 0. The van der Waals surface area contributed by atoms with Gasteiger partial charge in [-0.05, 0) is 55.7 Å². The Morgan fingerprint density at radius 2 is 2.00 bits per heavy atom. The van der Waals surface area contributed by atoms with Crippen LogP contribution in [0.4, 0.5) is 0 Å². The van der Waals surface area contributed by atoms with Gasteiger partial charge in [-0.15, -0.1) is 0 Å². The molecule has 0 aromatic heterocycles. The number of ether oxygens (including phenoxy) is 1. The van der Waals surface area contributed by atoms with E-state index >= 15 is 0 Å². The minimum absolute atomic E-state index is 0.0246. The summed E-state index contributed by atoms with van der Waals surface area (Å²) < 4.78 is 6.51. The van der Waals surface area contributed by atoms with E-state index < -0.39 is 11.4 Å². The third-order valence-electron chi connectivity index (χ3n) is 8.05. The highest BCUT2D eigenvalue weighted by atomic mass is 16.5. The van der Waals surface area contributed by atoms with E-state index in [0.717, 1.165) is 30.4 Å². The maximum absolute atomic E-state index is 13.4. The Kier molecular flexibility index (Phi) is 3.38. The van der Waals surface area contributed by atoms with E-state index in [1.807, 2.05) is 31.2 Å². The Hall–Kier alpha value is -1.94. The van der Waals surface area contributed by atoms with Crippen LogP contribution in [0.1, 0.15) is 51.5 Å². The van der Waals surface area contributed by atoms with Gasteiger partial charge in [-0.3, -0.25) is 9.59 Å². The van der Waals surface area contributed by atoms with Gasteiger partial charge in [-0.25, -0.2) is 0 Å². The van der Waals surface area contributed by atoms with Crippen LogP contribution in [0.2, 0.25) is 0 Å². The summed E-state index contributed by atoms with van der Waals surface area (Å²) in [6.45, 7) is 4.22. The quantitative estimate of drug-likeness (QED) is 0.871. The second-order valence-electron chi connectivity index (χ2n) is 9.52. The second kappa shape index (κ2) is 5.32. The Labute approximate surface area is 159 Å². The van der Waals surface area contributed by atoms with Gasteiger partial charge in [0.15, 0.2) is 5.78 Å². The van der Waals surface area contributed by atoms with Gasteiger partial charge in [0.2, 0.25) is 0 Å². The fourth-order valence-electron chi connectivity index (χ4n) is 7.06. The van der Waals surface area contributed by atoms with Gasteiger partial charge >= 0.3 is 5.97 Å². The predicted octanol–water partition coefficient (Wildman–Crippen LogP) is 4.10. The average molecular weight is 366 g/mol. The molecule has 4 fully saturated rings. The van der Waals surface area contributed by atoms with E-state index in [1.54, 1.807) is 0 Å². The zero-order valence-electron chi connectivity index (χ0n) is 15.9. The van der Waals surface area contributed by atoms with E-state index in [0.29, 0.717) is 12.3 Å². The topological polar surface area (TPSA) is 63.6 Å². The Bertz CT molecular complexity index is 858. The van der Waals surface area contributed by atoms with Gasteiger partial charge in [0.25, 0.3) is 0 Å². The van der Waals surface area contributed by atoms with E-state index in [2.05, 4.69) is 19.1 Å². The predicted molar refractivity (Wildman–Crippen MR) is 101 cm³/mol. The SMILES string of the molecule is CC12CC34CC1CC(O2)C3C(C)(CCC(=O)O)C(=O)C=C4c1ccccc1. The molecule has 1 N–H and O–H groups in total. The maximum Gasteiger partial charge on any atom is 0.303 e. The van der Waals surface area contributed by atoms with Crippen molar-refractivity contribution in [3.05, 3.63) is 42.0 Å². The summed E-state index contributed by atoms with van der Waals surface area (Å²) in [5, 5.41) is 9.26. The first-order chi connectivity index (χ1) is 12.8. The first-order valence-corrected chi connectivity index (χ1v) is 10.0. The Morgan fingerprint density at radius 1 is 1.26 bits per heavy atom. The van der Waals surface area contributed by atoms with Crippen LogP contribution in [-0.2, 0) is 14.3 Å². The monoisotopic (exact) mass is 366 g/mol. The van der Waals surface area contributed by atoms with E-state index in [9.17, 15) is 14.7 Å². The summed E-state index contributed by atoms with van der Waals surface area (Å²) in [5.74, 6) is -0.178. The number of allylic oxidation sites excluding steroid dienone is 2. The average Bonchev–Trinajstić information content (AvgIpc) is 2.99. The molecule has 1 aromatic carbocycles. The number of carboxylic acid groups (broad SMARTS) is 1. The summed E-state index contributed by atoms with van der Waals surface area (Å²) in [6, 6.07) is 10.3. The van der Waals surface area contributed by atoms with E-state index in [4.69, 9.17) is 4.74 Å². The first-order valence-electron chi connectivity index (χ1n) is 10.0. The molecular weight excluding hydrogens is 340 g/mol. The van der Waals surface area contributed by atoms with Crippen LogP contribution in [-0.4, -0.2) is 28.6 Å². The lowest BCUT2D eigenvalue weighted by atomic mass is 9.48. The van der Waals surface area contributed by atoms with Crippen LogP contribution in [0, 0.1) is 22.7 Å². The number of carbonyl (C=O) groups is 2. The van der Waals surface area contributed by atoms with Crippen LogP contribution in [0.15, 0.2) is 36.4 Å². The van der Waals surface area contributed by atoms with Gasteiger partial charge < -0.3 is 9.84 Å². The highest BCUT2D eigenvalue weighted by Crippen LogP contribution is 2.74. The van der Waals surface area contributed by atoms with Gasteiger partial charge in [0.05, 0.1) is 11.7 Å². The highest BCUT2D eigenvalue weighted by molar-refractivity contribution is 6.04. The van der Waals surface area contributed by atoms with Crippen LogP contribution in [0.5, 0.6) is 0 Å². The lowest BCUT2D eigenvalue weighted by Gasteiger charge is -2.57. The highest BCUT2D eigenvalue weighted by Gasteiger charge is 2.73. The number of carbonyl (C=O) groups excluding carboxylic acids is 1.